The number of aromatic nitrogens is 1. The molecule has 1 saturated carbocycles. The Kier molecular flexibility index (Phi) is 5.16. The van der Waals surface area contributed by atoms with Gasteiger partial charge in [-0.1, -0.05) is 43.7 Å². The number of nitrogens with zero attached hydrogens (tertiary/aromatic N) is 1. The molecule has 0 radical (unpaired) electrons. The van der Waals surface area contributed by atoms with Crippen LogP contribution >= 0.6 is 11.3 Å². The van der Waals surface area contributed by atoms with Gasteiger partial charge in [0.2, 0.25) is 10.0 Å². The first-order valence-electron chi connectivity index (χ1n) is 9.13. The fourth-order valence-corrected chi connectivity index (χ4v) is 5.48. The summed E-state index contributed by atoms with van der Waals surface area (Å²) < 4.78 is 34.1. The number of sulfonamides is 1. The molecule has 0 aliphatic heterocycles. The van der Waals surface area contributed by atoms with Crippen LogP contribution in [0, 0.1) is 0 Å². The zero-order chi connectivity index (χ0) is 18.9. The van der Waals surface area contributed by atoms with Crippen molar-refractivity contribution in [1.29, 1.82) is 0 Å². The van der Waals surface area contributed by atoms with Crippen LogP contribution in [0.3, 0.4) is 0 Å². The molecule has 7 heteroatoms. The second-order valence-corrected chi connectivity index (χ2v) is 10.1. The van der Waals surface area contributed by atoms with Crippen molar-refractivity contribution in [3.8, 4) is 10.6 Å². The Morgan fingerprint density at radius 2 is 2.00 bits per heavy atom. The molecule has 0 bridgehead atoms. The van der Waals surface area contributed by atoms with Crippen molar-refractivity contribution in [2.45, 2.75) is 42.2 Å². The average Bonchev–Trinajstić information content (AvgIpc) is 3.29. The lowest BCUT2D eigenvalue weighted by Crippen LogP contribution is -2.27. The highest BCUT2D eigenvalue weighted by atomic mass is 32.2. The fraction of sp³-hybridized carbons (Fsp3) is 0.350. The Hall–Kier alpha value is -1.96. The van der Waals surface area contributed by atoms with Crippen molar-refractivity contribution in [3.63, 3.8) is 0 Å². The number of rotatable bonds is 7. The van der Waals surface area contributed by atoms with Crippen LogP contribution in [-0.4, -0.2) is 19.9 Å². The van der Waals surface area contributed by atoms with E-state index in [1.165, 1.54) is 17.8 Å². The smallest absolute Gasteiger partial charge is 0.250 e. The van der Waals surface area contributed by atoms with E-state index >= 15 is 0 Å². The summed E-state index contributed by atoms with van der Waals surface area (Å²) in [5, 5.41) is 0. The van der Waals surface area contributed by atoms with Crippen LogP contribution in [0.25, 0.3) is 10.6 Å². The van der Waals surface area contributed by atoms with Crippen molar-refractivity contribution < 1.29 is 12.8 Å². The van der Waals surface area contributed by atoms with Gasteiger partial charge in [-0.25, -0.2) is 18.1 Å². The molecule has 0 amide bonds. The predicted molar refractivity (Wildman–Crippen MR) is 106 cm³/mol. The van der Waals surface area contributed by atoms with Crippen molar-refractivity contribution in [3.05, 3.63) is 60.1 Å². The second kappa shape index (κ2) is 7.58. The first-order valence-corrected chi connectivity index (χ1v) is 11.4. The lowest BCUT2D eigenvalue weighted by molar-refractivity contribution is 0.338. The highest BCUT2D eigenvalue weighted by Crippen LogP contribution is 2.38. The number of benzene rings is 1. The molecule has 1 atom stereocenters. The standard InChI is InChI=1S/C20H22N2O3S2/c1-14(15-6-3-2-4-7-15)12-22-27(23,24)19-11-10-18(26-19)17-13-21-20(25-17)16-8-5-9-16/h2-4,6-7,10-11,13-14,16,22H,5,8-9,12H2,1H3. The maximum Gasteiger partial charge on any atom is 0.250 e. The third kappa shape index (κ3) is 4.00. The molecule has 5 nitrogen and oxygen atoms in total. The van der Waals surface area contributed by atoms with Gasteiger partial charge in [-0.3, -0.25) is 0 Å². The molecule has 142 valence electrons. The maximum absolute atomic E-state index is 12.6. The van der Waals surface area contributed by atoms with Crippen molar-refractivity contribution in [2.75, 3.05) is 6.54 Å². The summed E-state index contributed by atoms with van der Waals surface area (Å²) in [6, 6.07) is 13.3. The van der Waals surface area contributed by atoms with E-state index in [1.807, 2.05) is 37.3 Å². The first-order chi connectivity index (χ1) is 13.0. The monoisotopic (exact) mass is 402 g/mol. The van der Waals surface area contributed by atoms with Gasteiger partial charge >= 0.3 is 0 Å². The van der Waals surface area contributed by atoms with Crippen molar-refractivity contribution in [1.82, 2.24) is 9.71 Å². The van der Waals surface area contributed by atoms with E-state index in [4.69, 9.17) is 4.42 Å². The molecule has 0 saturated heterocycles. The van der Waals surface area contributed by atoms with Crippen LogP contribution in [0.4, 0.5) is 0 Å². The molecule has 27 heavy (non-hydrogen) atoms. The van der Waals surface area contributed by atoms with Gasteiger partial charge in [0.1, 0.15) is 4.21 Å². The molecule has 1 N–H and O–H groups in total. The zero-order valence-corrected chi connectivity index (χ0v) is 16.7. The summed E-state index contributed by atoms with van der Waals surface area (Å²) in [5.41, 5.74) is 1.11. The molecule has 2 aromatic heterocycles. The van der Waals surface area contributed by atoms with Gasteiger partial charge in [-0.05, 0) is 36.5 Å². The highest BCUT2D eigenvalue weighted by molar-refractivity contribution is 7.91. The number of oxazole rings is 1. The summed E-state index contributed by atoms with van der Waals surface area (Å²) in [6.45, 7) is 2.36. The zero-order valence-electron chi connectivity index (χ0n) is 15.1. The van der Waals surface area contributed by atoms with Crippen LogP contribution < -0.4 is 4.72 Å². The minimum Gasteiger partial charge on any atom is -0.440 e. The van der Waals surface area contributed by atoms with Crippen LogP contribution in [-0.2, 0) is 10.0 Å². The molecule has 4 rings (SSSR count). The summed E-state index contributed by atoms with van der Waals surface area (Å²) in [4.78, 5) is 5.14. The highest BCUT2D eigenvalue weighted by Gasteiger charge is 2.25. The van der Waals surface area contributed by atoms with E-state index in [9.17, 15) is 8.42 Å². The first kappa shape index (κ1) is 18.4. The molecule has 2 heterocycles. The van der Waals surface area contributed by atoms with Gasteiger partial charge in [-0.2, -0.15) is 0 Å². The Morgan fingerprint density at radius 1 is 1.22 bits per heavy atom. The quantitative estimate of drug-likeness (QED) is 0.619. The summed E-state index contributed by atoms with van der Waals surface area (Å²) in [5.74, 6) is 1.92. The lowest BCUT2D eigenvalue weighted by Gasteiger charge is -2.21. The Balaban J connectivity index is 1.44. The topological polar surface area (TPSA) is 72.2 Å². The summed E-state index contributed by atoms with van der Waals surface area (Å²) in [6.07, 6.45) is 5.15. The third-order valence-electron chi connectivity index (χ3n) is 5.02. The van der Waals surface area contributed by atoms with Crippen molar-refractivity contribution in [2.24, 2.45) is 0 Å². The Bertz CT molecular complexity index is 1000. The van der Waals surface area contributed by atoms with Gasteiger partial charge in [0, 0.05) is 12.5 Å². The SMILES string of the molecule is CC(CNS(=O)(=O)c1ccc(-c2cnc(C3CCC3)o2)s1)c1ccccc1. The van der Waals surface area contributed by atoms with E-state index in [-0.39, 0.29) is 5.92 Å². The minimum absolute atomic E-state index is 0.0970. The number of hydrogen-bond donors (Lipinski definition) is 1. The molecule has 1 fully saturated rings. The van der Waals surface area contributed by atoms with Crippen molar-refractivity contribution >= 4 is 21.4 Å². The van der Waals surface area contributed by atoms with E-state index in [2.05, 4.69) is 9.71 Å². The normalized spacial score (nSPS) is 16.2. The average molecular weight is 403 g/mol. The van der Waals surface area contributed by atoms with Gasteiger partial charge in [0.05, 0.1) is 11.1 Å². The molecule has 1 aromatic carbocycles. The fourth-order valence-electron chi connectivity index (χ4n) is 3.05. The van der Waals surface area contributed by atoms with Gasteiger partial charge < -0.3 is 4.42 Å². The molecular weight excluding hydrogens is 380 g/mol. The third-order valence-corrected chi connectivity index (χ3v) is 8.03. The van der Waals surface area contributed by atoms with E-state index < -0.39 is 10.0 Å². The Labute approximate surface area is 163 Å². The molecule has 1 unspecified atom stereocenters. The summed E-state index contributed by atoms with van der Waals surface area (Å²) in [7, 11) is -3.55. The maximum atomic E-state index is 12.6. The minimum atomic E-state index is -3.55. The largest absolute Gasteiger partial charge is 0.440 e. The molecule has 1 aliphatic rings. The molecule has 0 spiro atoms. The summed E-state index contributed by atoms with van der Waals surface area (Å²) >= 11 is 1.21. The van der Waals surface area contributed by atoms with Gasteiger partial charge in [0.25, 0.3) is 0 Å². The van der Waals surface area contributed by atoms with Crippen LogP contribution in [0.15, 0.2) is 57.3 Å². The lowest BCUT2D eigenvalue weighted by atomic mass is 9.85. The molecule has 1 aliphatic carbocycles. The molecular formula is C20H22N2O3S2. The number of hydrogen-bond acceptors (Lipinski definition) is 5. The predicted octanol–water partition coefficient (Wildman–Crippen LogP) is 4.75. The van der Waals surface area contributed by atoms with Gasteiger partial charge in [-0.15, -0.1) is 11.3 Å². The number of thiophene rings is 1. The van der Waals surface area contributed by atoms with Crippen LogP contribution in [0.1, 0.15) is 49.5 Å². The van der Waals surface area contributed by atoms with Crippen LogP contribution in [0.2, 0.25) is 0 Å². The second-order valence-electron chi connectivity index (χ2n) is 6.97. The van der Waals surface area contributed by atoms with E-state index in [0.29, 0.717) is 22.4 Å². The Morgan fingerprint density at radius 3 is 2.70 bits per heavy atom. The van der Waals surface area contributed by atoms with E-state index in [1.54, 1.807) is 18.3 Å². The number of nitrogens with one attached hydrogen (secondary N) is 1. The van der Waals surface area contributed by atoms with Crippen LogP contribution in [0.5, 0.6) is 0 Å². The van der Waals surface area contributed by atoms with Gasteiger partial charge in [0.15, 0.2) is 11.7 Å². The van der Waals surface area contributed by atoms with E-state index in [0.717, 1.165) is 29.2 Å². The molecule has 3 aromatic rings.